The number of nitrogens with one attached hydrogen (secondary N) is 1. The summed E-state index contributed by atoms with van der Waals surface area (Å²) in [4.78, 5) is 10.00. The van der Waals surface area contributed by atoms with Crippen molar-refractivity contribution in [2.75, 3.05) is 13.6 Å². The molecule has 0 atom stereocenters. The average molecular weight is 260 g/mol. The van der Waals surface area contributed by atoms with Gasteiger partial charge in [0.25, 0.3) is 0 Å². The lowest BCUT2D eigenvalue weighted by atomic mass is 10.0. The van der Waals surface area contributed by atoms with Gasteiger partial charge in [-0.1, -0.05) is 6.07 Å². The maximum absolute atomic E-state index is 6.01. The van der Waals surface area contributed by atoms with E-state index in [1.807, 2.05) is 6.92 Å². The summed E-state index contributed by atoms with van der Waals surface area (Å²) >= 11 is 0. The van der Waals surface area contributed by atoms with Crippen molar-refractivity contribution in [1.29, 1.82) is 0 Å². The van der Waals surface area contributed by atoms with E-state index in [0.29, 0.717) is 0 Å². The van der Waals surface area contributed by atoms with Crippen LogP contribution in [0.15, 0.2) is 18.2 Å². The molecule has 3 N–H and O–H groups in total. The van der Waals surface area contributed by atoms with Crippen LogP contribution in [0.3, 0.4) is 0 Å². The second kappa shape index (κ2) is 5.31. The number of H-pyrrole nitrogens is 1. The highest BCUT2D eigenvalue weighted by Gasteiger charge is 2.12. The van der Waals surface area contributed by atoms with E-state index in [0.717, 1.165) is 36.4 Å². The summed E-state index contributed by atoms with van der Waals surface area (Å²) in [7, 11) is 2.13. The largest absolute Gasteiger partial charge is 0.342 e. The monoisotopic (exact) mass is 260 g/mol. The smallest absolute Gasteiger partial charge is 0.104 e. The minimum atomic E-state index is -0.0985. The van der Waals surface area contributed by atoms with Crippen LogP contribution >= 0.6 is 0 Å². The number of benzene rings is 1. The van der Waals surface area contributed by atoms with Crippen molar-refractivity contribution < 1.29 is 0 Å². The van der Waals surface area contributed by atoms with E-state index in [4.69, 9.17) is 5.73 Å². The van der Waals surface area contributed by atoms with Gasteiger partial charge in [0.15, 0.2) is 0 Å². The van der Waals surface area contributed by atoms with Crippen molar-refractivity contribution in [3.8, 4) is 0 Å². The summed E-state index contributed by atoms with van der Waals surface area (Å²) in [5.41, 5.74) is 9.36. The van der Waals surface area contributed by atoms with Crippen LogP contribution in [0.2, 0.25) is 0 Å². The number of nitrogens with two attached hydrogens (primary N) is 1. The fourth-order valence-corrected chi connectivity index (χ4v) is 2.15. The third kappa shape index (κ3) is 4.04. The van der Waals surface area contributed by atoms with Gasteiger partial charge in [-0.25, -0.2) is 4.98 Å². The minimum absolute atomic E-state index is 0.0985. The molecular weight excluding hydrogens is 236 g/mol. The Morgan fingerprint density at radius 3 is 2.79 bits per heavy atom. The van der Waals surface area contributed by atoms with Crippen LogP contribution in [0.4, 0.5) is 0 Å². The lowest BCUT2D eigenvalue weighted by Gasteiger charge is -2.23. The van der Waals surface area contributed by atoms with Crippen molar-refractivity contribution >= 4 is 11.0 Å². The second-order valence-electron chi connectivity index (χ2n) is 6.15. The maximum Gasteiger partial charge on any atom is 0.104 e. The molecule has 1 heterocycles. The van der Waals surface area contributed by atoms with Crippen molar-refractivity contribution in [1.82, 2.24) is 14.9 Å². The zero-order chi connectivity index (χ0) is 14.0. The molecule has 0 bridgehead atoms. The molecule has 0 aliphatic carbocycles. The molecule has 0 saturated heterocycles. The highest BCUT2D eigenvalue weighted by molar-refractivity contribution is 5.75. The molecule has 0 amide bonds. The molecule has 0 unspecified atom stereocenters. The topological polar surface area (TPSA) is 57.9 Å². The lowest BCUT2D eigenvalue weighted by Crippen LogP contribution is -2.36. The molecule has 2 aromatic rings. The first-order chi connectivity index (χ1) is 8.83. The lowest BCUT2D eigenvalue weighted by molar-refractivity contribution is 0.289. The molecule has 1 aromatic carbocycles. The zero-order valence-electron chi connectivity index (χ0n) is 12.3. The number of aromatic nitrogens is 2. The van der Waals surface area contributed by atoms with Gasteiger partial charge in [0.2, 0.25) is 0 Å². The Kier molecular flexibility index (Phi) is 3.92. The normalized spacial score (nSPS) is 12.5. The molecule has 0 fully saturated rings. The summed E-state index contributed by atoms with van der Waals surface area (Å²) in [6.07, 6.45) is 0.995. The fraction of sp³-hybridized carbons (Fsp3) is 0.533. The van der Waals surface area contributed by atoms with Crippen molar-refractivity contribution in [2.45, 2.75) is 39.3 Å². The summed E-state index contributed by atoms with van der Waals surface area (Å²) < 4.78 is 0. The van der Waals surface area contributed by atoms with Gasteiger partial charge in [0, 0.05) is 12.1 Å². The highest BCUT2D eigenvalue weighted by atomic mass is 15.1. The molecule has 0 aliphatic rings. The zero-order valence-corrected chi connectivity index (χ0v) is 12.3. The predicted molar refractivity (Wildman–Crippen MR) is 80.0 cm³/mol. The van der Waals surface area contributed by atoms with E-state index in [9.17, 15) is 0 Å². The minimum Gasteiger partial charge on any atom is -0.342 e. The molecule has 104 valence electrons. The maximum atomic E-state index is 6.01. The Balaban J connectivity index is 2.00. The van der Waals surface area contributed by atoms with E-state index >= 15 is 0 Å². The number of rotatable bonds is 5. The first-order valence-electron chi connectivity index (χ1n) is 6.76. The van der Waals surface area contributed by atoms with E-state index in [1.165, 1.54) is 5.56 Å². The van der Waals surface area contributed by atoms with Gasteiger partial charge < -0.3 is 15.6 Å². The summed E-state index contributed by atoms with van der Waals surface area (Å²) in [5, 5.41) is 0. The second-order valence-corrected chi connectivity index (χ2v) is 6.15. The molecule has 4 nitrogen and oxygen atoms in total. The molecule has 0 saturated carbocycles. The quantitative estimate of drug-likeness (QED) is 0.868. The average Bonchev–Trinajstić information content (AvgIpc) is 2.65. The van der Waals surface area contributed by atoms with Gasteiger partial charge in [0.05, 0.1) is 11.0 Å². The fourth-order valence-electron chi connectivity index (χ4n) is 2.15. The SMILES string of the molecule is Cc1nc2ccc(CN(C)CCC(C)(C)N)cc2[nH]1. The molecule has 1 aromatic heterocycles. The third-order valence-electron chi connectivity index (χ3n) is 3.26. The van der Waals surface area contributed by atoms with Gasteiger partial charge in [-0.2, -0.15) is 0 Å². The molecule has 0 radical (unpaired) electrons. The Bertz CT molecular complexity index is 551. The van der Waals surface area contributed by atoms with Gasteiger partial charge in [-0.3, -0.25) is 0 Å². The van der Waals surface area contributed by atoms with Crippen LogP contribution in [0.5, 0.6) is 0 Å². The van der Waals surface area contributed by atoms with Crippen LogP contribution in [-0.2, 0) is 6.54 Å². The van der Waals surface area contributed by atoms with Crippen LogP contribution in [0.1, 0.15) is 31.7 Å². The first kappa shape index (κ1) is 14.0. The number of aryl methyl sites for hydroxylation is 1. The van der Waals surface area contributed by atoms with Gasteiger partial charge in [-0.15, -0.1) is 0 Å². The van der Waals surface area contributed by atoms with E-state index in [-0.39, 0.29) is 5.54 Å². The number of aromatic amines is 1. The standard InChI is InChI=1S/C15H24N4/c1-11-17-13-6-5-12(9-14(13)18-11)10-19(4)8-7-15(2,3)16/h5-6,9H,7-8,10,16H2,1-4H3,(H,17,18). The van der Waals surface area contributed by atoms with E-state index < -0.39 is 0 Å². The van der Waals surface area contributed by atoms with Gasteiger partial charge in [0.1, 0.15) is 5.82 Å². The van der Waals surface area contributed by atoms with Crippen molar-refractivity contribution in [2.24, 2.45) is 5.73 Å². The summed E-state index contributed by atoms with van der Waals surface area (Å²) in [5.74, 6) is 0.963. The number of hydrogen-bond donors (Lipinski definition) is 2. The van der Waals surface area contributed by atoms with Crippen LogP contribution in [-0.4, -0.2) is 34.0 Å². The first-order valence-corrected chi connectivity index (χ1v) is 6.76. The van der Waals surface area contributed by atoms with Gasteiger partial charge in [-0.05, 0) is 58.5 Å². The molecule has 4 heteroatoms. The van der Waals surface area contributed by atoms with Crippen molar-refractivity contribution in [3.63, 3.8) is 0 Å². The van der Waals surface area contributed by atoms with Gasteiger partial charge >= 0.3 is 0 Å². The predicted octanol–water partition coefficient (Wildman–Crippen LogP) is 2.43. The molecule has 0 spiro atoms. The Morgan fingerprint density at radius 1 is 1.37 bits per heavy atom. The van der Waals surface area contributed by atoms with Crippen LogP contribution in [0.25, 0.3) is 11.0 Å². The van der Waals surface area contributed by atoms with Crippen molar-refractivity contribution in [3.05, 3.63) is 29.6 Å². The summed E-state index contributed by atoms with van der Waals surface area (Å²) in [6, 6.07) is 6.40. The Hall–Kier alpha value is -1.39. The number of imidazole rings is 1. The van der Waals surface area contributed by atoms with E-state index in [2.05, 4.69) is 54.0 Å². The number of hydrogen-bond acceptors (Lipinski definition) is 3. The molecule has 2 rings (SSSR count). The molecule has 0 aliphatic heterocycles. The highest BCUT2D eigenvalue weighted by Crippen LogP contribution is 2.15. The molecular formula is C15H24N4. The number of fused-ring (bicyclic) bond motifs is 1. The van der Waals surface area contributed by atoms with E-state index in [1.54, 1.807) is 0 Å². The third-order valence-corrected chi connectivity index (χ3v) is 3.26. The van der Waals surface area contributed by atoms with Crippen LogP contribution in [0, 0.1) is 6.92 Å². The summed E-state index contributed by atoms with van der Waals surface area (Å²) in [6.45, 7) is 8.06. The van der Waals surface area contributed by atoms with Crippen LogP contribution < -0.4 is 5.73 Å². The molecule has 19 heavy (non-hydrogen) atoms. The Labute approximate surface area is 115 Å². The number of nitrogens with zero attached hydrogens (tertiary/aromatic N) is 2. The Morgan fingerprint density at radius 2 is 2.11 bits per heavy atom.